The van der Waals surface area contributed by atoms with E-state index in [9.17, 15) is 0 Å². The molecule has 0 aliphatic carbocycles. The second kappa shape index (κ2) is 13.4. The van der Waals surface area contributed by atoms with Crippen LogP contribution in [0, 0.1) is 0 Å². The van der Waals surface area contributed by atoms with E-state index in [0.717, 1.165) is 61.4 Å². The minimum atomic E-state index is 0.871. The Hall–Kier alpha value is -8.60. The Morgan fingerprint density at radius 3 is 1.53 bits per heavy atom. The van der Waals surface area contributed by atoms with Crippen LogP contribution in [0.1, 0.15) is 0 Å². The van der Waals surface area contributed by atoms with Crippen molar-refractivity contribution < 1.29 is 4.42 Å². The molecule has 298 valence electrons. The molecule has 3 aromatic heterocycles. The lowest BCUT2D eigenvalue weighted by Gasteiger charge is -2.28. The highest BCUT2D eigenvalue weighted by atomic mass is 16.3. The number of para-hydroxylation sites is 5. The van der Waals surface area contributed by atoms with Crippen molar-refractivity contribution in [3.8, 4) is 11.4 Å². The van der Waals surface area contributed by atoms with Crippen molar-refractivity contribution in [2.24, 2.45) is 0 Å². The maximum absolute atomic E-state index is 6.40. The predicted molar refractivity (Wildman–Crippen MR) is 270 cm³/mol. The van der Waals surface area contributed by atoms with Crippen LogP contribution in [0.25, 0.3) is 109 Å². The number of nitrogens with zero attached hydrogens (tertiary/aromatic N) is 3. The smallest absolute Gasteiger partial charge is 0.135 e. The first-order valence-corrected chi connectivity index (χ1v) is 21.9. The zero-order chi connectivity index (χ0) is 41.9. The number of benzene rings is 11. The monoisotopic (exact) mass is 815 g/mol. The molecule has 0 saturated heterocycles. The molecule has 0 saturated carbocycles. The van der Waals surface area contributed by atoms with Gasteiger partial charge < -0.3 is 18.5 Å². The van der Waals surface area contributed by atoms with Crippen LogP contribution in [0.15, 0.2) is 229 Å². The van der Waals surface area contributed by atoms with Crippen LogP contribution in [0.5, 0.6) is 0 Å². The van der Waals surface area contributed by atoms with Crippen LogP contribution in [0.3, 0.4) is 0 Å². The predicted octanol–water partition coefficient (Wildman–Crippen LogP) is 16.7. The maximum atomic E-state index is 6.40. The molecule has 0 bridgehead atoms. The summed E-state index contributed by atoms with van der Waals surface area (Å²) < 4.78 is 11.3. The summed E-state index contributed by atoms with van der Waals surface area (Å²) in [5.41, 5.74) is 11.9. The summed E-state index contributed by atoms with van der Waals surface area (Å²) in [4.78, 5) is 2.46. The van der Waals surface area contributed by atoms with Crippen molar-refractivity contribution in [2.45, 2.75) is 0 Å². The van der Waals surface area contributed by atoms with Gasteiger partial charge >= 0.3 is 0 Å². The van der Waals surface area contributed by atoms with Gasteiger partial charge in [0.05, 0.1) is 27.8 Å². The summed E-state index contributed by atoms with van der Waals surface area (Å²) >= 11 is 0. The summed E-state index contributed by atoms with van der Waals surface area (Å²) in [7, 11) is 0. The van der Waals surface area contributed by atoms with E-state index < -0.39 is 0 Å². The summed E-state index contributed by atoms with van der Waals surface area (Å²) in [6.45, 7) is 0. The number of anilines is 3. The molecule has 0 aliphatic heterocycles. The number of hydrogen-bond acceptors (Lipinski definition) is 2. The second-order valence-electron chi connectivity index (χ2n) is 16.9. The number of aromatic nitrogens is 2. The van der Waals surface area contributed by atoms with E-state index in [2.05, 4.69) is 232 Å². The standard InChI is InChI=1S/C60H37N3O/c1-2-15-38(16-3-1)62-54-25-11-9-22-48(54)52-36-41(30-33-56(52)62)63-55-26-12-8-21-47(55)50-24-14-27-57(60(50)63)61(40-31-34-59-53(37-40)49-23-10-13-28-58(49)64-59)39-29-32-46-44-19-5-4-17-42(44)43-18-6-7-20-45(43)51(46)35-39/h1-37H. The van der Waals surface area contributed by atoms with E-state index in [0.29, 0.717) is 0 Å². The zero-order valence-corrected chi connectivity index (χ0v) is 34.6. The van der Waals surface area contributed by atoms with Crippen LogP contribution in [-0.2, 0) is 0 Å². The summed E-state index contributed by atoms with van der Waals surface area (Å²) in [6.07, 6.45) is 0. The van der Waals surface area contributed by atoms with Gasteiger partial charge in [-0.2, -0.15) is 0 Å². The molecule has 0 aliphatic rings. The zero-order valence-electron chi connectivity index (χ0n) is 34.6. The van der Waals surface area contributed by atoms with E-state index in [4.69, 9.17) is 4.42 Å². The Morgan fingerprint density at radius 2 is 0.797 bits per heavy atom. The molecule has 4 nitrogen and oxygen atoms in total. The Labute approximate surface area is 367 Å². The first-order valence-electron chi connectivity index (χ1n) is 21.9. The van der Waals surface area contributed by atoms with E-state index in [1.54, 1.807) is 0 Å². The molecule has 0 N–H and O–H groups in total. The van der Waals surface area contributed by atoms with Gasteiger partial charge in [-0.05, 0) is 117 Å². The molecule has 4 heteroatoms. The van der Waals surface area contributed by atoms with Gasteiger partial charge in [-0.1, -0.05) is 140 Å². The van der Waals surface area contributed by atoms with Crippen LogP contribution in [0.4, 0.5) is 17.1 Å². The van der Waals surface area contributed by atoms with Crippen LogP contribution < -0.4 is 4.90 Å². The first kappa shape index (κ1) is 35.0. The molecular weight excluding hydrogens is 779 g/mol. The maximum Gasteiger partial charge on any atom is 0.135 e. The van der Waals surface area contributed by atoms with Gasteiger partial charge in [-0.15, -0.1) is 0 Å². The van der Waals surface area contributed by atoms with Gasteiger partial charge in [-0.25, -0.2) is 0 Å². The van der Waals surface area contributed by atoms with Crippen LogP contribution in [-0.4, -0.2) is 9.13 Å². The van der Waals surface area contributed by atoms with E-state index in [1.807, 2.05) is 6.07 Å². The number of furan rings is 1. The average Bonchev–Trinajstić information content (AvgIpc) is 4.02. The van der Waals surface area contributed by atoms with Crippen LogP contribution >= 0.6 is 0 Å². The molecule has 3 heterocycles. The highest BCUT2D eigenvalue weighted by molar-refractivity contribution is 6.26. The number of fused-ring (bicyclic) bond motifs is 15. The lowest BCUT2D eigenvalue weighted by molar-refractivity contribution is 0.669. The molecule has 14 aromatic rings. The highest BCUT2D eigenvalue weighted by Gasteiger charge is 2.24. The third-order valence-electron chi connectivity index (χ3n) is 13.4. The van der Waals surface area contributed by atoms with Gasteiger partial charge in [0.2, 0.25) is 0 Å². The van der Waals surface area contributed by atoms with Crippen molar-refractivity contribution in [3.63, 3.8) is 0 Å². The van der Waals surface area contributed by atoms with Gasteiger partial charge in [0, 0.05) is 55.1 Å². The van der Waals surface area contributed by atoms with Crippen molar-refractivity contribution >= 4 is 115 Å². The minimum absolute atomic E-state index is 0.871. The SMILES string of the molecule is c1ccc(-n2c3ccccc3c3cc(-n4c5ccccc5c5cccc(N(c6ccc7oc8ccccc8c7c6)c6ccc7c8ccccc8c8ccccc8c7c6)c54)ccc32)cc1. The summed E-state index contributed by atoms with van der Waals surface area (Å²) in [6, 6.07) is 81.7. The van der Waals surface area contributed by atoms with Crippen molar-refractivity contribution in [1.82, 2.24) is 9.13 Å². The van der Waals surface area contributed by atoms with E-state index in [-0.39, 0.29) is 0 Å². The van der Waals surface area contributed by atoms with E-state index in [1.165, 1.54) is 64.9 Å². The Kier molecular flexibility index (Phi) is 7.36. The van der Waals surface area contributed by atoms with Gasteiger partial charge in [0.1, 0.15) is 11.2 Å². The quantitative estimate of drug-likeness (QED) is 0.162. The molecule has 0 fully saturated rings. The number of hydrogen-bond donors (Lipinski definition) is 0. The molecule has 14 rings (SSSR count). The molecule has 0 amide bonds. The Morgan fingerprint density at radius 1 is 0.281 bits per heavy atom. The summed E-state index contributed by atoms with van der Waals surface area (Å²) in [5, 5.41) is 14.5. The van der Waals surface area contributed by atoms with Crippen LogP contribution in [0.2, 0.25) is 0 Å². The molecule has 11 aromatic carbocycles. The second-order valence-corrected chi connectivity index (χ2v) is 16.9. The molecule has 0 unspecified atom stereocenters. The van der Waals surface area contributed by atoms with Gasteiger partial charge in [0.25, 0.3) is 0 Å². The fourth-order valence-electron chi connectivity index (χ4n) is 10.7. The largest absolute Gasteiger partial charge is 0.456 e. The lowest BCUT2D eigenvalue weighted by atomic mass is 9.94. The molecule has 64 heavy (non-hydrogen) atoms. The fourth-order valence-corrected chi connectivity index (χ4v) is 10.7. The van der Waals surface area contributed by atoms with Gasteiger partial charge in [-0.3, -0.25) is 0 Å². The van der Waals surface area contributed by atoms with Crippen molar-refractivity contribution in [2.75, 3.05) is 4.90 Å². The van der Waals surface area contributed by atoms with Gasteiger partial charge in [0.15, 0.2) is 0 Å². The summed E-state index contributed by atoms with van der Waals surface area (Å²) in [5.74, 6) is 0. The Balaban J connectivity index is 1.08. The molecular formula is C60H37N3O. The first-order chi connectivity index (χ1) is 31.8. The fraction of sp³-hybridized carbons (Fsp3) is 0. The third-order valence-corrected chi connectivity index (χ3v) is 13.4. The average molecular weight is 816 g/mol. The lowest BCUT2D eigenvalue weighted by Crippen LogP contribution is -2.11. The third kappa shape index (κ3) is 4.99. The van der Waals surface area contributed by atoms with Crippen molar-refractivity contribution in [3.05, 3.63) is 224 Å². The highest BCUT2D eigenvalue weighted by Crippen LogP contribution is 2.47. The topological polar surface area (TPSA) is 26.2 Å². The van der Waals surface area contributed by atoms with E-state index >= 15 is 0 Å². The molecule has 0 spiro atoms. The number of rotatable bonds is 5. The normalized spacial score (nSPS) is 12.1. The molecule has 0 atom stereocenters. The Bertz CT molecular complexity index is 4170. The molecule has 0 radical (unpaired) electrons. The van der Waals surface area contributed by atoms with Crippen molar-refractivity contribution in [1.29, 1.82) is 0 Å². The minimum Gasteiger partial charge on any atom is -0.456 e.